The number of para-hydroxylation sites is 2. The van der Waals surface area contributed by atoms with Crippen molar-refractivity contribution in [1.29, 1.82) is 0 Å². The fraction of sp³-hybridized carbons (Fsp3) is 0.0667. The molecule has 1 aromatic heterocycles. The van der Waals surface area contributed by atoms with Gasteiger partial charge < -0.3 is 15.6 Å². The molecule has 106 valence electrons. The van der Waals surface area contributed by atoms with Gasteiger partial charge in [0.05, 0.1) is 28.7 Å². The maximum atomic E-state index is 12.1. The van der Waals surface area contributed by atoms with Crippen molar-refractivity contribution in [3.05, 3.63) is 53.8 Å². The number of nitrogens with zero attached hydrogens (tertiary/aromatic N) is 2. The molecule has 3 rings (SSSR count). The summed E-state index contributed by atoms with van der Waals surface area (Å²) in [6, 6.07) is 12.6. The molecule has 0 radical (unpaired) electrons. The van der Waals surface area contributed by atoms with Crippen LogP contribution in [-0.4, -0.2) is 15.5 Å². The van der Waals surface area contributed by atoms with Crippen molar-refractivity contribution in [3.8, 4) is 0 Å². The number of fused-ring (bicyclic) bond motifs is 1. The number of carbonyl (C=O) groups excluding carboxylic acids is 1. The number of nitrogens with one attached hydrogen (secondary N) is 1. The standard InChI is InChI=1S/C15H13ClN4O/c16-10-5-6-12(11(17)7-10)19-15(21)8-20-9-18-13-3-1-2-4-14(13)20/h1-7,9H,8,17H2,(H,19,21). The van der Waals surface area contributed by atoms with Crippen LogP contribution in [0.4, 0.5) is 11.4 Å². The fourth-order valence-corrected chi connectivity index (χ4v) is 2.31. The monoisotopic (exact) mass is 300 g/mol. The van der Waals surface area contributed by atoms with Gasteiger partial charge in [-0.15, -0.1) is 0 Å². The van der Waals surface area contributed by atoms with Crippen LogP contribution in [0.2, 0.25) is 5.02 Å². The van der Waals surface area contributed by atoms with E-state index >= 15 is 0 Å². The molecule has 0 aliphatic heterocycles. The molecule has 3 aromatic rings. The van der Waals surface area contributed by atoms with E-state index in [0.717, 1.165) is 11.0 Å². The lowest BCUT2D eigenvalue weighted by atomic mass is 10.2. The first-order chi connectivity index (χ1) is 10.1. The summed E-state index contributed by atoms with van der Waals surface area (Å²) >= 11 is 5.83. The highest BCUT2D eigenvalue weighted by Gasteiger charge is 2.09. The van der Waals surface area contributed by atoms with Crippen LogP contribution >= 0.6 is 11.6 Å². The lowest BCUT2D eigenvalue weighted by Gasteiger charge is -2.09. The minimum Gasteiger partial charge on any atom is -0.397 e. The highest BCUT2D eigenvalue weighted by atomic mass is 35.5. The molecule has 0 aliphatic carbocycles. The number of halogens is 1. The van der Waals surface area contributed by atoms with Crippen LogP contribution in [0.1, 0.15) is 0 Å². The number of benzene rings is 2. The molecule has 3 N–H and O–H groups in total. The van der Waals surface area contributed by atoms with Gasteiger partial charge in [-0.1, -0.05) is 23.7 Å². The van der Waals surface area contributed by atoms with Crippen molar-refractivity contribution in [2.24, 2.45) is 0 Å². The summed E-state index contributed by atoms with van der Waals surface area (Å²) in [6.07, 6.45) is 1.65. The molecular weight excluding hydrogens is 288 g/mol. The molecule has 1 heterocycles. The van der Waals surface area contributed by atoms with E-state index in [2.05, 4.69) is 10.3 Å². The van der Waals surface area contributed by atoms with E-state index in [1.54, 1.807) is 29.1 Å². The van der Waals surface area contributed by atoms with Crippen molar-refractivity contribution < 1.29 is 4.79 Å². The number of nitrogen functional groups attached to an aromatic ring is 1. The summed E-state index contributed by atoms with van der Waals surface area (Å²) in [6.45, 7) is 0.169. The number of hydrogen-bond donors (Lipinski definition) is 2. The molecule has 0 bridgehead atoms. The molecule has 0 atom stereocenters. The quantitative estimate of drug-likeness (QED) is 0.730. The summed E-state index contributed by atoms with van der Waals surface area (Å²) in [4.78, 5) is 16.4. The normalized spacial score (nSPS) is 10.7. The van der Waals surface area contributed by atoms with E-state index in [-0.39, 0.29) is 12.5 Å². The molecule has 0 aliphatic rings. The second-order valence-electron chi connectivity index (χ2n) is 4.64. The first-order valence-electron chi connectivity index (χ1n) is 6.38. The summed E-state index contributed by atoms with van der Waals surface area (Å²) in [5, 5.41) is 3.30. The molecule has 0 fully saturated rings. The Hall–Kier alpha value is -2.53. The largest absolute Gasteiger partial charge is 0.397 e. The molecule has 0 spiro atoms. The summed E-state index contributed by atoms with van der Waals surface area (Å²) in [5.74, 6) is -0.174. The fourth-order valence-electron chi connectivity index (χ4n) is 2.13. The van der Waals surface area contributed by atoms with Crippen LogP contribution in [0.5, 0.6) is 0 Å². The maximum Gasteiger partial charge on any atom is 0.244 e. The van der Waals surface area contributed by atoms with Gasteiger partial charge in [0, 0.05) is 5.02 Å². The number of imidazole rings is 1. The molecule has 21 heavy (non-hydrogen) atoms. The van der Waals surface area contributed by atoms with Crippen molar-refractivity contribution in [3.63, 3.8) is 0 Å². The third-order valence-electron chi connectivity index (χ3n) is 3.13. The third-order valence-corrected chi connectivity index (χ3v) is 3.36. The third kappa shape index (κ3) is 2.83. The average molecular weight is 301 g/mol. The molecule has 1 amide bonds. The Balaban J connectivity index is 1.77. The van der Waals surface area contributed by atoms with Crippen LogP contribution in [0.25, 0.3) is 11.0 Å². The maximum absolute atomic E-state index is 12.1. The first-order valence-corrected chi connectivity index (χ1v) is 6.76. The summed E-state index contributed by atoms with van der Waals surface area (Å²) in [5.41, 5.74) is 8.57. The molecule has 0 unspecified atom stereocenters. The Bertz CT molecular complexity index is 812. The SMILES string of the molecule is Nc1cc(Cl)ccc1NC(=O)Cn1cnc2ccccc21. The van der Waals surface area contributed by atoms with E-state index in [1.807, 2.05) is 24.3 Å². The van der Waals surface area contributed by atoms with Gasteiger partial charge in [-0.05, 0) is 30.3 Å². The second-order valence-corrected chi connectivity index (χ2v) is 5.08. The highest BCUT2D eigenvalue weighted by molar-refractivity contribution is 6.31. The number of rotatable bonds is 3. The molecule has 6 heteroatoms. The van der Waals surface area contributed by atoms with Crippen molar-refractivity contribution in [2.75, 3.05) is 11.1 Å². The minimum atomic E-state index is -0.174. The van der Waals surface area contributed by atoms with E-state index < -0.39 is 0 Å². The van der Waals surface area contributed by atoms with E-state index in [4.69, 9.17) is 17.3 Å². The first kappa shape index (κ1) is 13.5. The zero-order chi connectivity index (χ0) is 14.8. The lowest BCUT2D eigenvalue weighted by molar-refractivity contribution is -0.116. The van der Waals surface area contributed by atoms with E-state index in [9.17, 15) is 4.79 Å². The smallest absolute Gasteiger partial charge is 0.244 e. The zero-order valence-electron chi connectivity index (χ0n) is 11.1. The minimum absolute atomic E-state index is 0.169. The van der Waals surface area contributed by atoms with Gasteiger partial charge in [0.1, 0.15) is 6.54 Å². The van der Waals surface area contributed by atoms with Gasteiger partial charge in [-0.3, -0.25) is 4.79 Å². The Kier molecular flexibility index (Phi) is 3.50. The average Bonchev–Trinajstić information content (AvgIpc) is 2.85. The van der Waals surface area contributed by atoms with Crippen LogP contribution in [0.15, 0.2) is 48.8 Å². The van der Waals surface area contributed by atoms with Gasteiger partial charge in [0.2, 0.25) is 5.91 Å². The van der Waals surface area contributed by atoms with Gasteiger partial charge in [-0.2, -0.15) is 0 Å². The van der Waals surface area contributed by atoms with Crippen LogP contribution in [-0.2, 0) is 11.3 Å². The molecule has 2 aromatic carbocycles. The second kappa shape index (κ2) is 5.46. The lowest BCUT2D eigenvalue weighted by Crippen LogP contribution is -2.19. The van der Waals surface area contributed by atoms with Crippen LogP contribution in [0, 0.1) is 0 Å². The van der Waals surface area contributed by atoms with Gasteiger partial charge in [0.15, 0.2) is 0 Å². The van der Waals surface area contributed by atoms with Gasteiger partial charge in [0.25, 0.3) is 0 Å². The number of hydrogen-bond acceptors (Lipinski definition) is 3. The zero-order valence-corrected chi connectivity index (χ0v) is 11.8. The van der Waals surface area contributed by atoms with Gasteiger partial charge >= 0.3 is 0 Å². The van der Waals surface area contributed by atoms with Gasteiger partial charge in [-0.25, -0.2) is 4.98 Å². The molecule has 5 nitrogen and oxygen atoms in total. The van der Waals surface area contributed by atoms with E-state index in [1.165, 1.54) is 0 Å². The van der Waals surface area contributed by atoms with Crippen molar-refractivity contribution >= 4 is 39.9 Å². The Labute approximate surface area is 126 Å². The highest BCUT2D eigenvalue weighted by Crippen LogP contribution is 2.22. The number of nitrogens with two attached hydrogens (primary N) is 1. The molecule has 0 saturated carbocycles. The molecule has 0 saturated heterocycles. The Morgan fingerprint density at radius 3 is 2.90 bits per heavy atom. The predicted molar refractivity (Wildman–Crippen MR) is 84.2 cm³/mol. The Morgan fingerprint density at radius 1 is 1.29 bits per heavy atom. The van der Waals surface area contributed by atoms with Crippen molar-refractivity contribution in [2.45, 2.75) is 6.54 Å². The topological polar surface area (TPSA) is 72.9 Å². The van der Waals surface area contributed by atoms with Crippen LogP contribution in [0.3, 0.4) is 0 Å². The van der Waals surface area contributed by atoms with E-state index in [0.29, 0.717) is 16.4 Å². The summed E-state index contributed by atoms with van der Waals surface area (Å²) in [7, 11) is 0. The van der Waals surface area contributed by atoms with Crippen molar-refractivity contribution in [1.82, 2.24) is 9.55 Å². The van der Waals surface area contributed by atoms with Crippen LogP contribution < -0.4 is 11.1 Å². The molecular formula is C15H13ClN4O. The summed E-state index contributed by atoms with van der Waals surface area (Å²) < 4.78 is 1.79. The number of carbonyl (C=O) groups is 1. The number of aromatic nitrogens is 2. The predicted octanol–water partition coefficient (Wildman–Crippen LogP) is 2.91. The number of amides is 1. The number of anilines is 2. The Morgan fingerprint density at radius 2 is 2.10 bits per heavy atom.